The number of hydrogen-bond donors (Lipinski definition) is 1. The minimum absolute atomic E-state index is 0. The van der Waals surface area contributed by atoms with E-state index in [2.05, 4.69) is 69.2 Å². The first-order valence-electron chi connectivity index (χ1n) is 7.93. The van der Waals surface area contributed by atoms with E-state index in [9.17, 15) is 0 Å². The molecule has 1 aliphatic heterocycles. The van der Waals surface area contributed by atoms with Crippen LogP contribution in [0.4, 0.5) is 0 Å². The number of piperidine rings is 1. The van der Waals surface area contributed by atoms with Gasteiger partial charge < -0.3 is 5.32 Å². The molecule has 1 unspecified atom stereocenters. The first-order valence-corrected chi connectivity index (χ1v) is 7.93. The average molecular weight is 311 g/mol. The number of hydrogen-bond acceptors (Lipinski definition) is 2. The van der Waals surface area contributed by atoms with Crippen LogP contribution in [0.25, 0.3) is 0 Å². The Morgan fingerprint density at radius 1 is 1.10 bits per heavy atom. The molecule has 0 aromatic heterocycles. The highest BCUT2D eigenvalue weighted by molar-refractivity contribution is 5.85. The zero-order chi connectivity index (χ0) is 14.8. The summed E-state index contributed by atoms with van der Waals surface area (Å²) >= 11 is 0. The van der Waals surface area contributed by atoms with E-state index in [0.717, 1.165) is 0 Å². The van der Waals surface area contributed by atoms with Crippen molar-refractivity contribution in [3.63, 3.8) is 0 Å². The molecule has 0 saturated carbocycles. The van der Waals surface area contributed by atoms with Gasteiger partial charge in [0.15, 0.2) is 0 Å². The maximum atomic E-state index is 3.40. The minimum Gasteiger partial charge on any atom is -0.317 e. The molecule has 1 atom stereocenters. The van der Waals surface area contributed by atoms with Crippen molar-refractivity contribution in [3.05, 3.63) is 35.4 Å². The highest BCUT2D eigenvalue weighted by Crippen LogP contribution is 2.27. The minimum atomic E-state index is 0. The first-order chi connectivity index (χ1) is 9.41. The molecule has 1 fully saturated rings. The van der Waals surface area contributed by atoms with Gasteiger partial charge in [0, 0.05) is 25.2 Å². The van der Waals surface area contributed by atoms with Gasteiger partial charge in [-0.15, -0.1) is 12.4 Å². The van der Waals surface area contributed by atoms with Gasteiger partial charge >= 0.3 is 0 Å². The predicted molar refractivity (Wildman–Crippen MR) is 94.5 cm³/mol. The molecule has 1 aromatic rings. The van der Waals surface area contributed by atoms with Gasteiger partial charge in [-0.25, -0.2) is 0 Å². The van der Waals surface area contributed by atoms with Crippen molar-refractivity contribution in [1.82, 2.24) is 10.2 Å². The molecule has 0 spiro atoms. The molecule has 1 aromatic carbocycles. The van der Waals surface area contributed by atoms with Gasteiger partial charge in [0.05, 0.1) is 0 Å². The van der Waals surface area contributed by atoms with Crippen molar-refractivity contribution in [3.8, 4) is 0 Å². The summed E-state index contributed by atoms with van der Waals surface area (Å²) in [6.07, 6.45) is 2.53. The van der Waals surface area contributed by atoms with Crippen LogP contribution in [0.3, 0.4) is 0 Å². The summed E-state index contributed by atoms with van der Waals surface area (Å²) in [4.78, 5) is 2.61. The predicted octanol–water partition coefficient (Wildman–Crippen LogP) is 4.15. The van der Waals surface area contributed by atoms with Crippen LogP contribution in [0.1, 0.15) is 57.7 Å². The fourth-order valence-electron chi connectivity index (χ4n) is 3.05. The van der Waals surface area contributed by atoms with Crippen molar-refractivity contribution in [2.24, 2.45) is 0 Å². The van der Waals surface area contributed by atoms with Gasteiger partial charge in [-0.2, -0.15) is 0 Å². The molecule has 0 aliphatic carbocycles. The van der Waals surface area contributed by atoms with E-state index < -0.39 is 0 Å². The lowest BCUT2D eigenvalue weighted by Crippen LogP contribution is -2.42. The molecule has 0 bridgehead atoms. The third-order valence-corrected chi connectivity index (χ3v) is 4.74. The molecule has 3 heteroatoms. The summed E-state index contributed by atoms with van der Waals surface area (Å²) in [5.74, 6) is 0. The van der Waals surface area contributed by atoms with E-state index in [1.54, 1.807) is 0 Å². The SMILES string of the molecule is CNC1CCN(C(C)c2ccc(C(C)(C)C)cc2)CC1.Cl. The molecule has 1 saturated heterocycles. The maximum Gasteiger partial charge on any atom is 0.0319 e. The summed E-state index contributed by atoms with van der Waals surface area (Å²) < 4.78 is 0. The fourth-order valence-corrected chi connectivity index (χ4v) is 3.05. The van der Waals surface area contributed by atoms with Crippen LogP contribution < -0.4 is 5.32 Å². The summed E-state index contributed by atoms with van der Waals surface area (Å²) in [7, 11) is 2.08. The fraction of sp³-hybridized carbons (Fsp3) is 0.667. The van der Waals surface area contributed by atoms with Gasteiger partial charge in [0.25, 0.3) is 0 Å². The number of nitrogens with zero attached hydrogens (tertiary/aromatic N) is 1. The van der Waals surface area contributed by atoms with E-state index in [4.69, 9.17) is 0 Å². The summed E-state index contributed by atoms with van der Waals surface area (Å²) in [6.45, 7) is 11.6. The summed E-state index contributed by atoms with van der Waals surface area (Å²) in [5, 5.41) is 3.40. The number of likely N-dealkylation sites (tertiary alicyclic amines) is 1. The summed E-state index contributed by atoms with van der Waals surface area (Å²) in [5.41, 5.74) is 3.11. The van der Waals surface area contributed by atoms with Crippen molar-refractivity contribution in [2.75, 3.05) is 20.1 Å². The molecule has 2 nitrogen and oxygen atoms in total. The van der Waals surface area contributed by atoms with E-state index in [1.807, 2.05) is 0 Å². The Hall–Kier alpha value is -0.570. The van der Waals surface area contributed by atoms with Gasteiger partial charge in [0.2, 0.25) is 0 Å². The van der Waals surface area contributed by atoms with Crippen LogP contribution >= 0.6 is 12.4 Å². The van der Waals surface area contributed by atoms with Crippen LogP contribution in [-0.4, -0.2) is 31.1 Å². The van der Waals surface area contributed by atoms with Crippen molar-refractivity contribution in [2.45, 2.75) is 58.0 Å². The van der Waals surface area contributed by atoms with E-state index >= 15 is 0 Å². The second-order valence-corrected chi connectivity index (χ2v) is 7.15. The topological polar surface area (TPSA) is 15.3 Å². The normalized spacial score (nSPS) is 19.1. The quantitative estimate of drug-likeness (QED) is 0.902. The third-order valence-electron chi connectivity index (χ3n) is 4.74. The smallest absolute Gasteiger partial charge is 0.0319 e. The van der Waals surface area contributed by atoms with Crippen LogP contribution in [0.15, 0.2) is 24.3 Å². The van der Waals surface area contributed by atoms with Gasteiger partial charge in [0.1, 0.15) is 0 Å². The van der Waals surface area contributed by atoms with Crippen molar-refractivity contribution in [1.29, 1.82) is 0 Å². The molecule has 1 aliphatic rings. The van der Waals surface area contributed by atoms with Gasteiger partial charge in [-0.1, -0.05) is 45.0 Å². The standard InChI is InChI=1S/C18H30N2.ClH/c1-14(20-12-10-17(19-5)11-13-20)15-6-8-16(9-7-15)18(2,3)4;/h6-9,14,17,19H,10-13H2,1-5H3;1H. The van der Waals surface area contributed by atoms with E-state index in [1.165, 1.54) is 37.1 Å². The second kappa shape index (κ2) is 7.62. The van der Waals surface area contributed by atoms with E-state index in [-0.39, 0.29) is 17.8 Å². The van der Waals surface area contributed by atoms with Crippen LogP contribution in [-0.2, 0) is 5.41 Å². The molecule has 0 amide bonds. The molecular weight excluding hydrogens is 280 g/mol. The largest absolute Gasteiger partial charge is 0.317 e. The Labute approximate surface area is 136 Å². The van der Waals surface area contributed by atoms with Crippen LogP contribution in [0.2, 0.25) is 0 Å². The average Bonchev–Trinajstić information content (AvgIpc) is 2.46. The lowest BCUT2D eigenvalue weighted by molar-refractivity contribution is 0.155. The third kappa shape index (κ3) is 4.70. The van der Waals surface area contributed by atoms with Crippen LogP contribution in [0.5, 0.6) is 0 Å². The molecule has 120 valence electrons. The molecule has 2 rings (SSSR count). The Bertz CT molecular complexity index is 414. The van der Waals surface area contributed by atoms with E-state index in [0.29, 0.717) is 12.1 Å². The molecule has 21 heavy (non-hydrogen) atoms. The lowest BCUT2D eigenvalue weighted by Gasteiger charge is -2.36. The Morgan fingerprint density at radius 3 is 2.05 bits per heavy atom. The summed E-state index contributed by atoms with van der Waals surface area (Å²) in [6, 6.07) is 10.5. The zero-order valence-electron chi connectivity index (χ0n) is 14.1. The van der Waals surface area contributed by atoms with Crippen molar-refractivity contribution >= 4 is 12.4 Å². The van der Waals surface area contributed by atoms with Crippen molar-refractivity contribution < 1.29 is 0 Å². The second-order valence-electron chi connectivity index (χ2n) is 7.15. The maximum absolute atomic E-state index is 3.40. The number of nitrogens with one attached hydrogen (secondary N) is 1. The Balaban J connectivity index is 0.00000220. The van der Waals surface area contributed by atoms with Crippen LogP contribution in [0, 0.1) is 0 Å². The van der Waals surface area contributed by atoms with Gasteiger partial charge in [-0.3, -0.25) is 4.90 Å². The van der Waals surface area contributed by atoms with Gasteiger partial charge in [-0.05, 0) is 43.4 Å². The molecular formula is C18H31ClN2. The Kier molecular flexibility index (Phi) is 6.71. The first kappa shape index (κ1) is 18.5. The number of benzene rings is 1. The Morgan fingerprint density at radius 2 is 1.62 bits per heavy atom. The molecule has 1 N–H and O–H groups in total. The highest BCUT2D eigenvalue weighted by Gasteiger charge is 2.23. The highest BCUT2D eigenvalue weighted by atomic mass is 35.5. The number of halogens is 1. The lowest BCUT2D eigenvalue weighted by atomic mass is 9.86. The molecule has 0 radical (unpaired) electrons. The molecule has 1 heterocycles. The monoisotopic (exact) mass is 310 g/mol. The zero-order valence-corrected chi connectivity index (χ0v) is 15.0. The number of rotatable bonds is 3.